The first-order valence-electron chi connectivity index (χ1n) is 7.27. The van der Waals surface area contributed by atoms with Crippen molar-refractivity contribution in [3.8, 4) is 11.8 Å². The Morgan fingerprint density at radius 1 is 1.18 bits per heavy atom. The Morgan fingerprint density at radius 2 is 1.95 bits per heavy atom. The molecular weight excluding hydrogens is 277 g/mol. The van der Waals surface area contributed by atoms with Crippen LogP contribution < -0.4 is 0 Å². The molecule has 3 rings (SSSR count). The molecule has 1 aliphatic heterocycles. The van der Waals surface area contributed by atoms with Gasteiger partial charge in [-0.3, -0.25) is 4.79 Å². The van der Waals surface area contributed by atoms with E-state index in [1.807, 2.05) is 18.2 Å². The predicted molar refractivity (Wildman–Crippen MR) is 83.6 cm³/mol. The molecule has 0 saturated carbocycles. The molecule has 2 nitrogen and oxygen atoms in total. The number of halogens is 1. The third-order valence-electron chi connectivity index (χ3n) is 3.90. The second-order valence-corrected chi connectivity index (χ2v) is 5.46. The summed E-state index contributed by atoms with van der Waals surface area (Å²) in [7, 11) is 0. The summed E-state index contributed by atoms with van der Waals surface area (Å²) in [4.78, 5) is 13.9. The van der Waals surface area contributed by atoms with Crippen molar-refractivity contribution in [3.05, 3.63) is 70.5 Å². The van der Waals surface area contributed by atoms with Crippen LogP contribution in [0, 0.1) is 24.6 Å². The minimum Gasteiger partial charge on any atom is -0.327 e. The molecule has 0 saturated heterocycles. The van der Waals surface area contributed by atoms with E-state index in [2.05, 4.69) is 17.9 Å². The molecule has 2 aromatic rings. The van der Waals surface area contributed by atoms with Crippen LogP contribution in [0.4, 0.5) is 4.39 Å². The SMILES string of the molecule is Cc1ccc(C#CC(=O)N2CCc3ccccc3C2)cc1F. The lowest BCUT2D eigenvalue weighted by Crippen LogP contribution is -2.35. The number of carbonyl (C=O) groups is 1. The summed E-state index contributed by atoms with van der Waals surface area (Å²) < 4.78 is 13.5. The topological polar surface area (TPSA) is 20.3 Å². The van der Waals surface area contributed by atoms with E-state index in [9.17, 15) is 9.18 Å². The van der Waals surface area contributed by atoms with Crippen LogP contribution in [0.5, 0.6) is 0 Å². The van der Waals surface area contributed by atoms with E-state index < -0.39 is 0 Å². The van der Waals surface area contributed by atoms with Crippen LogP contribution in [-0.2, 0) is 17.8 Å². The van der Waals surface area contributed by atoms with Crippen molar-refractivity contribution in [3.63, 3.8) is 0 Å². The van der Waals surface area contributed by atoms with Crippen LogP contribution in [0.3, 0.4) is 0 Å². The number of benzene rings is 2. The fourth-order valence-electron chi connectivity index (χ4n) is 2.54. The fraction of sp³-hybridized carbons (Fsp3) is 0.211. The van der Waals surface area contributed by atoms with Crippen LogP contribution >= 0.6 is 0 Å². The van der Waals surface area contributed by atoms with Gasteiger partial charge in [-0.15, -0.1) is 0 Å². The Labute approximate surface area is 129 Å². The fourth-order valence-corrected chi connectivity index (χ4v) is 2.54. The molecule has 0 aliphatic carbocycles. The molecule has 0 radical (unpaired) electrons. The standard InChI is InChI=1S/C19H16FNO/c1-14-6-7-15(12-18(14)20)8-9-19(22)21-11-10-16-4-2-3-5-17(16)13-21/h2-7,12H,10-11,13H2,1H3. The molecular formula is C19H16FNO. The zero-order valence-corrected chi connectivity index (χ0v) is 12.4. The number of fused-ring (bicyclic) bond motifs is 1. The average Bonchev–Trinajstić information content (AvgIpc) is 2.55. The van der Waals surface area contributed by atoms with Gasteiger partial charge >= 0.3 is 0 Å². The monoisotopic (exact) mass is 293 g/mol. The lowest BCUT2D eigenvalue weighted by Gasteiger charge is -2.27. The van der Waals surface area contributed by atoms with Gasteiger partial charge in [0.2, 0.25) is 0 Å². The molecule has 2 aromatic carbocycles. The first-order chi connectivity index (χ1) is 10.6. The number of hydrogen-bond donors (Lipinski definition) is 0. The van der Waals surface area contributed by atoms with Gasteiger partial charge in [-0.2, -0.15) is 0 Å². The van der Waals surface area contributed by atoms with Crippen LogP contribution in [-0.4, -0.2) is 17.4 Å². The molecule has 0 unspecified atom stereocenters. The first kappa shape index (κ1) is 14.3. The van der Waals surface area contributed by atoms with Crippen molar-refractivity contribution in [2.24, 2.45) is 0 Å². The van der Waals surface area contributed by atoms with E-state index in [1.165, 1.54) is 17.2 Å². The molecule has 22 heavy (non-hydrogen) atoms. The van der Waals surface area contributed by atoms with E-state index in [1.54, 1.807) is 24.0 Å². The number of carbonyl (C=O) groups excluding carboxylic acids is 1. The minimum absolute atomic E-state index is 0.213. The smallest absolute Gasteiger partial charge is 0.299 e. The molecule has 110 valence electrons. The van der Waals surface area contributed by atoms with Gasteiger partial charge in [-0.1, -0.05) is 36.3 Å². The second-order valence-electron chi connectivity index (χ2n) is 5.46. The molecule has 1 aliphatic rings. The van der Waals surface area contributed by atoms with Gasteiger partial charge in [-0.05, 0) is 42.2 Å². The Balaban J connectivity index is 1.73. The van der Waals surface area contributed by atoms with Gasteiger partial charge in [0.1, 0.15) is 5.82 Å². The van der Waals surface area contributed by atoms with Crippen molar-refractivity contribution in [2.75, 3.05) is 6.54 Å². The summed E-state index contributed by atoms with van der Waals surface area (Å²) in [6.45, 7) is 2.96. The van der Waals surface area contributed by atoms with Crippen LogP contribution in [0.25, 0.3) is 0 Å². The summed E-state index contributed by atoms with van der Waals surface area (Å²) in [6, 6.07) is 12.9. The quantitative estimate of drug-likeness (QED) is 0.684. The van der Waals surface area contributed by atoms with Crippen molar-refractivity contribution in [1.29, 1.82) is 0 Å². The molecule has 0 atom stereocenters. The number of amides is 1. The zero-order chi connectivity index (χ0) is 15.5. The second kappa shape index (κ2) is 6.03. The highest BCUT2D eigenvalue weighted by Gasteiger charge is 2.18. The predicted octanol–water partition coefficient (Wildman–Crippen LogP) is 3.07. The van der Waals surface area contributed by atoms with E-state index in [0.29, 0.717) is 24.2 Å². The van der Waals surface area contributed by atoms with Crippen LogP contribution in [0.2, 0.25) is 0 Å². The summed E-state index contributed by atoms with van der Waals surface area (Å²) >= 11 is 0. The number of hydrogen-bond acceptors (Lipinski definition) is 1. The Morgan fingerprint density at radius 3 is 2.73 bits per heavy atom. The van der Waals surface area contributed by atoms with Crippen molar-refractivity contribution < 1.29 is 9.18 Å². The van der Waals surface area contributed by atoms with Gasteiger partial charge in [-0.25, -0.2) is 4.39 Å². The number of aryl methyl sites for hydroxylation is 1. The largest absolute Gasteiger partial charge is 0.327 e. The lowest BCUT2D eigenvalue weighted by atomic mass is 10.00. The third kappa shape index (κ3) is 3.01. The van der Waals surface area contributed by atoms with E-state index >= 15 is 0 Å². The van der Waals surface area contributed by atoms with Gasteiger partial charge in [0.25, 0.3) is 5.91 Å². The van der Waals surface area contributed by atoms with Crippen LogP contribution in [0.15, 0.2) is 42.5 Å². The zero-order valence-electron chi connectivity index (χ0n) is 12.4. The molecule has 0 spiro atoms. The minimum atomic E-state index is -0.300. The van der Waals surface area contributed by atoms with Gasteiger partial charge in [0.05, 0.1) is 0 Å². The number of rotatable bonds is 0. The summed E-state index contributed by atoms with van der Waals surface area (Å²) in [5, 5.41) is 0. The Bertz CT molecular complexity index is 786. The highest BCUT2D eigenvalue weighted by Crippen LogP contribution is 2.18. The van der Waals surface area contributed by atoms with E-state index in [0.717, 1.165) is 6.42 Å². The third-order valence-corrected chi connectivity index (χ3v) is 3.90. The summed E-state index contributed by atoms with van der Waals surface area (Å²) in [6.07, 6.45) is 0.850. The Hall–Kier alpha value is -2.60. The van der Waals surface area contributed by atoms with Crippen molar-refractivity contribution in [1.82, 2.24) is 4.90 Å². The van der Waals surface area contributed by atoms with Crippen LogP contribution in [0.1, 0.15) is 22.3 Å². The van der Waals surface area contributed by atoms with Crippen molar-refractivity contribution in [2.45, 2.75) is 19.9 Å². The molecule has 0 bridgehead atoms. The normalized spacial score (nSPS) is 13.1. The molecule has 0 fully saturated rings. The maximum Gasteiger partial charge on any atom is 0.299 e. The first-order valence-corrected chi connectivity index (χ1v) is 7.27. The Kier molecular flexibility index (Phi) is 3.93. The van der Waals surface area contributed by atoms with Gasteiger partial charge in [0.15, 0.2) is 0 Å². The summed E-state index contributed by atoms with van der Waals surface area (Å²) in [5.74, 6) is 4.86. The molecule has 3 heteroatoms. The molecule has 0 N–H and O–H groups in total. The molecule has 1 amide bonds. The molecule has 1 heterocycles. The summed E-state index contributed by atoms with van der Waals surface area (Å²) in [5.41, 5.74) is 3.56. The lowest BCUT2D eigenvalue weighted by molar-refractivity contribution is -0.125. The van der Waals surface area contributed by atoms with E-state index in [4.69, 9.17) is 0 Å². The van der Waals surface area contributed by atoms with Gasteiger partial charge in [0, 0.05) is 24.6 Å². The number of nitrogens with zero attached hydrogens (tertiary/aromatic N) is 1. The van der Waals surface area contributed by atoms with E-state index in [-0.39, 0.29) is 11.7 Å². The van der Waals surface area contributed by atoms with Crippen molar-refractivity contribution >= 4 is 5.91 Å². The maximum absolute atomic E-state index is 13.5. The maximum atomic E-state index is 13.5. The highest BCUT2D eigenvalue weighted by molar-refractivity contribution is 5.94. The van der Waals surface area contributed by atoms with Gasteiger partial charge < -0.3 is 4.90 Å². The average molecular weight is 293 g/mol. The molecule has 0 aromatic heterocycles. The highest BCUT2D eigenvalue weighted by atomic mass is 19.1.